The predicted molar refractivity (Wildman–Crippen MR) is 85.4 cm³/mol. The Morgan fingerprint density at radius 1 is 1.04 bits per heavy atom. The van der Waals surface area contributed by atoms with Crippen LogP contribution in [0.2, 0.25) is 0 Å². The summed E-state index contributed by atoms with van der Waals surface area (Å²) in [6.45, 7) is 0. The number of carbonyl (C=O) groups excluding carboxylic acids is 1. The van der Waals surface area contributed by atoms with E-state index in [0.29, 0.717) is 16.8 Å². The maximum atomic E-state index is 12.9. The zero-order valence-electron chi connectivity index (χ0n) is 12.3. The van der Waals surface area contributed by atoms with Crippen LogP contribution in [0.15, 0.2) is 59.7 Å². The van der Waals surface area contributed by atoms with Crippen molar-refractivity contribution in [3.63, 3.8) is 0 Å². The fraction of sp³-hybridized carbons (Fsp3) is 0. The number of hydrazone groups is 1. The van der Waals surface area contributed by atoms with E-state index in [-0.39, 0.29) is 17.3 Å². The molecule has 0 spiro atoms. The summed E-state index contributed by atoms with van der Waals surface area (Å²) in [6, 6.07) is 13.0. The van der Waals surface area contributed by atoms with E-state index in [4.69, 9.17) is 0 Å². The van der Waals surface area contributed by atoms with Crippen molar-refractivity contribution in [3.8, 4) is 11.3 Å². The van der Waals surface area contributed by atoms with Crippen molar-refractivity contribution in [1.82, 2.24) is 15.6 Å². The molecule has 0 aliphatic rings. The summed E-state index contributed by atoms with van der Waals surface area (Å²) < 4.78 is 25.7. The summed E-state index contributed by atoms with van der Waals surface area (Å²) >= 11 is 0. The van der Waals surface area contributed by atoms with Gasteiger partial charge < -0.3 is 0 Å². The molecule has 0 aliphatic carbocycles. The first-order chi connectivity index (χ1) is 11.6. The minimum Gasteiger partial charge on any atom is -0.272 e. The second kappa shape index (κ2) is 6.82. The number of carbonyl (C=O) groups is 1. The molecule has 0 saturated heterocycles. The lowest BCUT2D eigenvalue weighted by atomic mass is 10.1. The zero-order chi connectivity index (χ0) is 16.9. The Balaban J connectivity index is 1.65. The van der Waals surface area contributed by atoms with Crippen LogP contribution in [0.3, 0.4) is 0 Å². The van der Waals surface area contributed by atoms with E-state index in [1.165, 1.54) is 48.7 Å². The SMILES string of the molecule is O=C(NN=Cc1ccc(F)cc1)c1cc(-c2ccc(F)cc2)n[nH]1. The van der Waals surface area contributed by atoms with Gasteiger partial charge in [0.05, 0.1) is 11.9 Å². The number of aromatic nitrogens is 2. The lowest BCUT2D eigenvalue weighted by Gasteiger charge is -1.96. The molecule has 24 heavy (non-hydrogen) atoms. The molecule has 0 fully saturated rings. The third-order valence-corrected chi connectivity index (χ3v) is 3.21. The molecule has 0 bridgehead atoms. The monoisotopic (exact) mass is 326 g/mol. The summed E-state index contributed by atoms with van der Waals surface area (Å²) in [7, 11) is 0. The van der Waals surface area contributed by atoms with Gasteiger partial charge in [-0.1, -0.05) is 12.1 Å². The Kier molecular flexibility index (Phi) is 4.42. The largest absolute Gasteiger partial charge is 0.289 e. The van der Waals surface area contributed by atoms with E-state index in [1.54, 1.807) is 12.1 Å². The van der Waals surface area contributed by atoms with E-state index in [2.05, 4.69) is 20.7 Å². The average molecular weight is 326 g/mol. The second-order valence-electron chi connectivity index (χ2n) is 4.92. The lowest BCUT2D eigenvalue weighted by Crippen LogP contribution is -2.17. The van der Waals surface area contributed by atoms with Crippen molar-refractivity contribution in [2.24, 2.45) is 5.10 Å². The fourth-order valence-corrected chi connectivity index (χ4v) is 1.98. The van der Waals surface area contributed by atoms with Crippen LogP contribution in [-0.4, -0.2) is 22.3 Å². The molecular weight excluding hydrogens is 314 g/mol. The molecule has 7 heteroatoms. The third-order valence-electron chi connectivity index (χ3n) is 3.21. The Morgan fingerprint density at radius 3 is 2.33 bits per heavy atom. The number of hydrogen-bond donors (Lipinski definition) is 2. The quantitative estimate of drug-likeness (QED) is 0.571. The van der Waals surface area contributed by atoms with Crippen LogP contribution in [0.5, 0.6) is 0 Å². The molecule has 0 unspecified atom stereocenters. The highest BCUT2D eigenvalue weighted by Crippen LogP contribution is 2.17. The molecular formula is C17H12F2N4O. The molecule has 2 aromatic carbocycles. The van der Waals surface area contributed by atoms with Crippen LogP contribution in [0, 0.1) is 11.6 Å². The standard InChI is InChI=1S/C17H12F2N4O/c18-13-5-1-11(2-6-13)10-20-23-17(24)16-9-15(21-22-16)12-3-7-14(19)8-4-12/h1-10H,(H,21,22)(H,23,24). The number of H-pyrrole nitrogens is 1. The first-order valence-electron chi connectivity index (χ1n) is 7.02. The van der Waals surface area contributed by atoms with Gasteiger partial charge in [0.15, 0.2) is 0 Å². The number of nitrogens with one attached hydrogen (secondary N) is 2. The fourth-order valence-electron chi connectivity index (χ4n) is 1.98. The van der Waals surface area contributed by atoms with Gasteiger partial charge in [0, 0.05) is 5.56 Å². The van der Waals surface area contributed by atoms with Gasteiger partial charge in [-0.2, -0.15) is 10.2 Å². The van der Waals surface area contributed by atoms with Crippen LogP contribution in [0.4, 0.5) is 8.78 Å². The molecule has 120 valence electrons. The van der Waals surface area contributed by atoms with Gasteiger partial charge in [0.2, 0.25) is 0 Å². The van der Waals surface area contributed by atoms with E-state index >= 15 is 0 Å². The van der Waals surface area contributed by atoms with Crippen molar-refractivity contribution in [2.75, 3.05) is 0 Å². The van der Waals surface area contributed by atoms with Gasteiger partial charge in [-0.15, -0.1) is 0 Å². The van der Waals surface area contributed by atoms with Crippen LogP contribution in [0.1, 0.15) is 16.1 Å². The summed E-state index contributed by atoms with van der Waals surface area (Å²) in [5.41, 5.74) is 4.40. The van der Waals surface area contributed by atoms with E-state index < -0.39 is 5.91 Å². The van der Waals surface area contributed by atoms with E-state index in [9.17, 15) is 13.6 Å². The summed E-state index contributed by atoms with van der Waals surface area (Å²) in [5, 5.41) is 10.4. The number of aromatic amines is 1. The number of rotatable bonds is 4. The molecule has 2 N–H and O–H groups in total. The van der Waals surface area contributed by atoms with Crippen molar-refractivity contribution >= 4 is 12.1 Å². The molecule has 0 aliphatic heterocycles. The maximum absolute atomic E-state index is 12.9. The number of nitrogens with zero attached hydrogens (tertiary/aromatic N) is 2. The number of hydrogen-bond acceptors (Lipinski definition) is 3. The molecule has 0 atom stereocenters. The van der Waals surface area contributed by atoms with Crippen LogP contribution in [0.25, 0.3) is 11.3 Å². The number of amides is 1. The van der Waals surface area contributed by atoms with Crippen molar-refractivity contribution in [1.29, 1.82) is 0 Å². The molecule has 0 radical (unpaired) electrons. The topological polar surface area (TPSA) is 70.1 Å². The zero-order valence-corrected chi connectivity index (χ0v) is 12.3. The van der Waals surface area contributed by atoms with Crippen molar-refractivity contribution in [2.45, 2.75) is 0 Å². The lowest BCUT2D eigenvalue weighted by molar-refractivity contribution is 0.0950. The van der Waals surface area contributed by atoms with Crippen LogP contribution in [-0.2, 0) is 0 Å². The Hall–Kier alpha value is -3.35. The van der Waals surface area contributed by atoms with Gasteiger partial charge in [0.25, 0.3) is 5.91 Å². The first kappa shape index (κ1) is 15.5. The smallest absolute Gasteiger partial charge is 0.272 e. The number of benzene rings is 2. The normalized spacial score (nSPS) is 10.9. The highest BCUT2D eigenvalue weighted by atomic mass is 19.1. The molecule has 5 nitrogen and oxygen atoms in total. The second-order valence-corrected chi connectivity index (χ2v) is 4.92. The Bertz CT molecular complexity index is 870. The first-order valence-corrected chi connectivity index (χ1v) is 7.02. The minimum atomic E-state index is -0.478. The summed E-state index contributed by atoms with van der Waals surface area (Å²) in [6.07, 6.45) is 1.40. The van der Waals surface area contributed by atoms with Gasteiger partial charge in [-0.3, -0.25) is 9.89 Å². The summed E-state index contributed by atoms with van der Waals surface area (Å²) in [4.78, 5) is 12.0. The van der Waals surface area contributed by atoms with E-state index in [1.807, 2.05) is 0 Å². The highest BCUT2D eigenvalue weighted by molar-refractivity contribution is 5.94. The Labute approximate surface area is 136 Å². The Morgan fingerprint density at radius 2 is 1.67 bits per heavy atom. The third kappa shape index (κ3) is 3.70. The highest BCUT2D eigenvalue weighted by Gasteiger charge is 2.10. The van der Waals surface area contributed by atoms with Crippen molar-refractivity contribution in [3.05, 3.63) is 77.5 Å². The maximum Gasteiger partial charge on any atom is 0.289 e. The average Bonchev–Trinajstić information content (AvgIpc) is 3.07. The minimum absolute atomic E-state index is 0.214. The van der Waals surface area contributed by atoms with Gasteiger partial charge >= 0.3 is 0 Å². The van der Waals surface area contributed by atoms with Crippen molar-refractivity contribution < 1.29 is 13.6 Å². The van der Waals surface area contributed by atoms with E-state index in [0.717, 1.165) is 0 Å². The molecule has 1 amide bonds. The van der Waals surface area contributed by atoms with Gasteiger partial charge in [0.1, 0.15) is 17.3 Å². The van der Waals surface area contributed by atoms with Crippen LogP contribution >= 0.6 is 0 Å². The number of halogens is 2. The van der Waals surface area contributed by atoms with Gasteiger partial charge in [-0.05, 0) is 48.0 Å². The molecule has 3 aromatic rings. The van der Waals surface area contributed by atoms with Gasteiger partial charge in [-0.25, -0.2) is 14.2 Å². The molecule has 1 aromatic heterocycles. The predicted octanol–water partition coefficient (Wildman–Crippen LogP) is 3.12. The molecule has 0 saturated carbocycles. The molecule has 3 rings (SSSR count). The van der Waals surface area contributed by atoms with Crippen LogP contribution < -0.4 is 5.43 Å². The summed E-state index contributed by atoms with van der Waals surface area (Å²) in [5.74, 6) is -1.17. The molecule has 1 heterocycles.